The fourth-order valence-corrected chi connectivity index (χ4v) is 2.73. The Bertz CT molecular complexity index is 666. The Morgan fingerprint density at radius 3 is 2.82 bits per heavy atom. The summed E-state index contributed by atoms with van der Waals surface area (Å²) in [7, 11) is 0. The number of phenols is 1. The molecule has 6 nitrogen and oxygen atoms in total. The van der Waals surface area contributed by atoms with Crippen LogP contribution < -0.4 is 4.74 Å². The minimum atomic E-state index is 0.0855. The van der Waals surface area contributed by atoms with E-state index in [1.165, 1.54) is 11.8 Å². The summed E-state index contributed by atoms with van der Waals surface area (Å²) >= 11 is 4.80. The third kappa shape index (κ3) is 3.61. The molecule has 2 aromatic rings. The van der Waals surface area contributed by atoms with Crippen LogP contribution in [0, 0.1) is 0 Å². The highest BCUT2D eigenvalue weighted by molar-refractivity contribution is 9.10. The number of aromatic hydroxyl groups is 1. The Labute approximate surface area is 141 Å². The number of benzene rings is 1. The summed E-state index contributed by atoms with van der Waals surface area (Å²) < 4.78 is 7.68. The van der Waals surface area contributed by atoms with Crippen molar-refractivity contribution in [3.63, 3.8) is 0 Å². The van der Waals surface area contributed by atoms with Gasteiger partial charge in [0.05, 0.1) is 17.3 Å². The minimum Gasteiger partial charge on any atom is -0.503 e. The molecular formula is C14H17BrN4O2S. The van der Waals surface area contributed by atoms with Crippen molar-refractivity contribution in [2.75, 3.05) is 12.9 Å². The highest BCUT2D eigenvalue weighted by atomic mass is 79.9. The van der Waals surface area contributed by atoms with E-state index in [4.69, 9.17) is 4.74 Å². The third-order valence-corrected chi connectivity index (χ3v) is 4.07. The lowest BCUT2D eigenvalue weighted by Crippen LogP contribution is -1.99. The topological polar surface area (TPSA) is 72.5 Å². The zero-order valence-electron chi connectivity index (χ0n) is 12.6. The number of aromatic nitrogens is 3. The number of halogens is 1. The molecule has 1 heterocycles. The molecule has 8 heteroatoms. The smallest absolute Gasteiger partial charge is 0.211 e. The quantitative estimate of drug-likeness (QED) is 0.610. The fourth-order valence-electron chi connectivity index (χ4n) is 1.82. The molecule has 0 fully saturated rings. The lowest BCUT2D eigenvalue weighted by Gasteiger charge is -2.08. The number of hydrogen-bond acceptors (Lipinski definition) is 6. The molecule has 1 N–H and O–H groups in total. The van der Waals surface area contributed by atoms with Gasteiger partial charge in [-0.05, 0) is 46.8 Å². The molecular weight excluding hydrogens is 368 g/mol. The van der Waals surface area contributed by atoms with Crippen LogP contribution in [0.2, 0.25) is 0 Å². The van der Waals surface area contributed by atoms with Gasteiger partial charge in [-0.15, -0.1) is 10.2 Å². The summed E-state index contributed by atoms with van der Waals surface area (Å²) in [6.45, 7) is 4.34. The fraction of sp³-hybridized carbons (Fsp3) is 0.357. The zero-order chi connectivity index (χ0) is 16.1. The van der Waals surface area contributed by atoms with Gasteiger partial charge in [0.15, 0.2) is 17.3 Å². The van der Waals surface area contributed by atoms with Crippen LogP contribution in [-0.4, -0.2) is 39.1 Å². The molecule has 1 aromatic carbocycles. The van der Waals surface area contributed by atoms with E-state index >= 15 is 0 Å². The number of phenolic OH excluding ortho intramolecular Hbond substituents is 1. The van der Waals surface area contributed by atoms with E-state index in [9.17, 15) is 5.11 Å². The Hall–Kier alpha value is -1.54. The summed E-state index contributed by atoms with van der Waals surface area (Å²) in [6.07, 6.45) is 4.36. The molecule has 22 heavy (non-hydrogen) atoms. The van der Waals surface area contributed by atoms with Crippen molar-refractivity contribution in [3.8, 4) is 11.5 Å². The van der Waals surface area contributed by atoms with Crippen molar-refractivity contribution in [2.24, 2.45) is 5.10 Å². The molecule has 0 unspecified atom stereocenters. The molecule has 0 radical (unpaired) electrons. The van der Waals surface area contributed by atoms with Crippen LogP contribution in [0.15, 0.2) is 26.9 Å². The second kappa shape index (κ2) is 7.64. The van der Waals surface area contributed by atoms with Crippen LogP contribution in [0.25, 0.3) is 0 Å². The maximum atomic E-state index is 9.92. The number of hydrogen-bond donors (Lipinski definition) is 1. The minimum absolute atomic E-state index is 0.0855. The van der Waals surface area contributed by atoms with Crippen LogP contribution >= 0.6 is 27.7 Å². The van der Waals surface area contributed by atoms with Crippen molar-refractivity contribution in [3.05, 3.63) is 28.0 Å². The first kappa shape index (κ1) is 16.8. The van der Waals surface area contributed by atoms with Crippen LogP contribution in [0.4, 0.5) is 0 Å². The molecule has 0 aliphatic rings. The van der Waals surface area contributed by atoms with Crippen molar-refractivity contribution < 1.29 is 9.84 Å². The van der Waals surface area contributed by atoms with Gasteiger partial charge in [0.2, 0.25) is 5.16 Å². The van der Waals surface area contributed by atoms with E-state index in [-0.39, 0.29) is 5.75 Å². The van der Waals surface area contributed by atoms with Crippen LogP contribution in [-0.2, 0) is 6.42 Å². The second-order valence-corrected chi connectivity index (χ2v) is 5.92. The summed E-state index contributed by atoms with van der Waals surface area (Å²) in [4.78, 5) is 0. The van der Waals surface area contributed by atoms with Crippen LogP contribution in [0.1, 0.15) is 25.2 Å². The van der Waals surface area contributed by atoms with Gasteiger partial charge in [-0.25, -0.2) is 0 Å². The SMILES string of the molecule is CCOc1cc(/C=N\n2c(CC)nnc2SC)cc(Br)c1O. The molecule has 0 aliphatic carbocycles. The highest BCUT2D eigenvalue weighted by Crippen LogP contribution is 2.35. The van der Waals surface area contributed by atoms with Crippen LogP contribution in [0.5, 0.6) is 11.5 Å². The molecule has 118 valence electrons. The first-order valence-corrected chi connectivity index (χ1v) is 8.80. The van der Waals surface area contributed by atoms with Gasteiger partial charge < -0.3 is 9.84 Å². The average molecular weight is 385 g/mol. The van der Waals surface area contributed by atoms with Crippen molar-refractivity contribution in [1.29, 1.82) is 0 Å². The molecule has 1 aromatic heterocycles. The predicted molar refractivity (Wildman–Crippen MR) is 91.1 cm³/mol. The molecule has 0 spiro atoms. The van der Waals surface area contributed by atoms with Crippen molar-refractivity contribution in [2.45, 2.75) is 25.4 Å². The largest absolute Gasteiger partial charge is 0.503 e. The normalized spacial score (nSPS) is 11.3. The van der Waals surface area contributed by atoms with Gasteiger partial charge in [0, 0.05) is 6.42 Å². The maximum Gasteiger partial charge on any atom is 0.211 e. The van der Waals surface area contributed by atoms with Gasteiger partial charge in [-0.2, -0.15) is 9.78 Å². The van der Waals surface area contributed by atoms with Crippen molar-refractivity contribution >= 4 is 33.9 Å². The Morgan fingerprint density at radius 2 is 2.18 bits per heavy atom. The second-order valence-electron chi connectivity index (χ2n) is 4.30. The Balaban J connectivity index is 2.36. The van der Waals surface area contributed by atoms with Gasteiger partial charge in [0.25, 0.3) is 0 Å². The summed E-state index contributed by atoms with van der Waals surface area (Å²) in [5, 5.41) is 23.3. The standard InChI is InChI=1S/C14H17BrN4O2S/c1-4-12-17-18-14(22-3)19(12)16-8-9-6-10(15)13(20)11(7-9)21-5-2/h6-8,20H,4-5H2,1-3H3/b16-8-. The highest BCUT2D eigenvalue weighted by Gasteiger charge is 2.10. The average Bonchev–Trinajstić information content (AvgIpc) is 2.92. The lowest BCUT2D eigenvalue weighted by atomic mass is 10.2. The number of thioether (sulfide) groups is 1. The van der Waals surface area contributed by atoms with E-state index in [1.54, 1.807) is 23.0 Å². The number of nitrogens with zero attached hydrogens (tertiary/aromatic N) is 4. The molecule has 0 amide bonds. The molecule has 0 atom stereocenters. The molecule has 0 bridgehead atoms. The van der Waals surface area contributed by atoms with Gasteiger partial charge in [-0.3, -0.25) is 0 Å². The molecule has 0 saturated heterocycles. The Morgan fingerprint density at radius 1 is 1.41 bits per heavy atom. The molecule has 0 saturated carbocycles. The number of ether oxygens (including phenoxy) is 1. The monoisotopic (exact) mass is 384 g/mol. The van der Waals surface area contributed by atoms with E-state index < -0.39 is 0 Å². The van der Waals surface area contributed by atoms with E-state index in [2.05, 4.69) is 31.2 Å². The zero-order valence-corrected chi connectivity index (χ0v) is 15.0. The van der Waals surface area contributed by atoms with E-state index in [1.807, 2.05) is 20.1 Å². The van der Waals surface area contributed by atoms with Crippen molar-refractivity contribution in [1.82, 2.24) is 14.9 Å². The van der Waals surface area contributed by atoms with E-state index in [0.29, 0.717) is 16.8 Å². The van der Waals surface area contributed by atoms with Gasteiger partial charge in [-0.1, -0.05) is 18.7 Å². The summed E-state index contributed by atoms with van der Waals surface area (Å²) in [6, 6.07) is 3.51. The first-order valence-electron chi connectivity index (χ1n) is 6.78. The van der Waals surface area contributed by atoms with E-state index in [0.717, 1.165) is 23.0 Å². The third-order valence-electron chi connectivity index (χ3n) is 2.85. The molecule has 2 rings (SSSR count). The first-order chi connectivity index (χ1) is 10.6. The number of rotatable bonds is 6. The van der Waals surface area contributed by atoms with Crippen LogP contribution in [0.3, 0.4) is 0 Å². The van der Waals surface area contributed by atoms with Gasteiger partial charge >= 0.3 is 0 Å². The Kier molecular flexibility index (Phi) is 5.84. The lowest BCUT2D eigenvalue weighted by molar-refractivity contribution is 0.317. The number of aryl methyl sites for hydroxylation is 1. The molecule has 0 aliphatic heterocycles. The summed E-state index contributed by atoms with van der Waals surface area (Å²) in [5.41, 5.74) is 0.802. The predicted octanol–water partition coefficient (Wildman–Crippen LogP) is 3.31. The maximum absolute atomic E-state index is 9.92. The summed E-state index contributed by atoms with van der Waals surface area (Å²) in [5.74, 6) is 1.30. The van der Waals surface area contributed by atoms with Gasteiger partial charge in [0.1, 0.15) is 0 Å².